The molecule has 0 aromatic carbocycles. The van der Waals surface area contributed by atoms with Crippen LogP contribution in [0.3, 0.4) is 0 Å². The van der Waals surface area contributed by atoms with Crippen LogP contribution >= 0.6 is 0 Å². The van der Waals surface area contributed by atoms with E-state index >= 15 is 0 Å². The predicted molar refractivity (Wildman–Crippen MR) is 80.9 cm³/mol. The van der Waals surface area contributed by atoms with Gasteiger partial charge in [-0.25, -0.2) is 4.79 Å². The van der Waals surface area contributed by atoms with Crippen molar-refractivity contribution in [1.29, 1.82) is 0 Å². The van der Waals surface area contributed by atoms with Gasteiger partial charge in [-0.05, 0) is 25.7 Å². The summed E-state index contributed by atoms with van der Waals surface area (Å²) in [6.07, 6.45) is -0.376. The number of nitrogen functional groups attached to an aromatic ring is 1. The van der Waals surface area contributed by atoms with E-state index in [4.69, 9.17) is 10.5 Å². The number of amides is 1. The molecule has 1 amide bonds. The van der Waals surface area contributed by atoms with E-state index in [0.717, 1.165) is 0 Å². The van der Waals surface area contributed by atoms with Crippen molar-refractivity contribution in [3.8, 4) is 0 Å². The summed E-state index contributed by atoms with van der Waals surface area (Å²) in [5, 5.41) is 17.8. The van der Waals surface area contributed by atoms with Crippen molar-refractivity contribution in [3.63, 3.8) is 0 Å². The number of carbonyl (C=O) groups excluding carboxylic acids is 1. The van der Waals surface area contributed by atoms with E-state index in [1.54, 1.807) is 30.6 Å². The highest BCUT2D eigenvalue weighted by Crippen LogP contribution is 2.19. The summed E-state index contributed by atoms with van der Waals surface area (Å²) in [5.41, 5.74) is 4.96. The molecule has 1 saturated heterocycles. The lowest BCUT2D eigenvalue weighted by molar-refractivity contribution is -0.389. The SMILES string of the molecule is CC(C)(C)OC(=O)N1CCN(c2nnc([N+](=O)[O-])c(N)n2)CC1. The Kier molecular flexibility index (Phi) is 4.48. The zero-order valence-electron chi connectivity index (χ0n) is 13.2. The number of ether oxygens (including phenoxy) is 1. The van der Waals surface area contributed by atoms with E-state index in [1.807, 2.05) is 0 Å². The molecule has 11 heteroatoms. The monoisotopic (exact) mass is 325 g/mol. The van der Waals surface area contributed by atoms with Crippen molar-refractivity contribution in [2.75, 3.05) is 36.8 Å². The Hall–Kier alpha value is -2.72. The normalized spacial score (nSPS) is 15.4. The van der Waals surface area contributed by atoms with Crippen LogP contribution in [0.5, 0.6) is 0 Å². The van der Waals surface area contributed by atoms with Gasteiger partial charge in [0.15, 0.2) is 0 Å². The fourth-order valence-corrected chi connectivity index (χ4v) is 2.00. The van der Waals surface area contributed by atoms with Crippen LogP contribution in [-0.4, -0.2) is 62.9 Å². The number of hydrogen-bond acceptors (Lipinski definition) is 9. The molecule has 1 aromatic rings. The van der Waals surface area contributed by atoms with Crippen LogP contribution in [0.15, 0.2) is 0 Å². The van der Waals surface area contributed by atoms with Crippen molar-refractivity contribution < 1.29 is 14.5 Å². The lowest BCUT2D eigenvalue weighted by atomic mass is 10.2. The summed E-state index contributed by atoms with van der Waals surface area (Å²) in [5.74, 6) is -0.646. The Morgan fingerprint density at radius 2 is 1.87 bits per heavy atom. The van der Waals surface area contributed by atoms with Crippen LogP contribution in [0.1, 0.15) is 20.8 Å². The molecule has 2 N–H and O–H groups in total. The van der Waals surface area contributed by atoms with Crippen LogP contribution < -0.4 is 10.6 Å². The topological polar surface area (TPSA) is 141 Å². The smallest absolute Gasteiger partial charge is 0.433 e. The van der Waals surface area contributed by atoms with Crippen molar-refractivity contribution in [2.45, 2.75) is 26.4 Å². The minimum Gasteiger partial charge on any atom is -0.444 e. The molecule has 2 heterocycles. The number of aromatic nitrogens is 3. The van der Waals surface area contributed by atoms with E-state index in [1.165, 1.54) is 0 Å². The summed E-state index contributed by atoms with van der Waals surface area (Å²) in [4.78, 5) is 29.1. The van der Waals surface area contributed by atoms with Crippen molar-refractivity contribution in [1.82, 2.24) is 20.1 Å². The molecule has 2 rings (SSSR count). The Bertz CT molecular complexity index is 608. The molecule has 0 aliphatic carbocycles. The number of nitrogens with zero attached hydrogens (tertiary/aromatic N) is 6. The number of nitrogens with two attached hydrogens (primary N) is 1. The first-order valence-electron chi connectivity index (χ1n) is 7.05. The largest absolute Gasteiger partial charge is 0.444 e. The summed E-state index contributed by atoms with van der Waals surface area (Å²) in [6.45, 7) is 7.18. The molecule has 0 radical (unpaired) electrons. The molecular formula is C12H19N7O4. The number of carbonyl (C=O) groups is 1. The van der Waals surface area contributed by atoms with Crippen LogP contribution in [-0.2, 0) is 4.74 Å². The Labute approximate surface area is 132 Å². The minimum absolute atomic E-state index is 0.205. The van der Waals surface area contributed by atoms with E-state index < -0.39 is 16.3 Å². The van der Waals surface area contributed by atoms with E-state index in [0.29, 0.717) is 26.2 Å². The maximum Gasteiger partial charge on any atom is 0.433 e. The third kappa shape index (κ3) is 4.14. The first-order valence-corrected chi connectivity index (χ1v) is 7.05. The van der Waals surface area contributed by atoms with E-state index in [9.17, 15) is 14.9 Å². The first kappa shape index (κ1) is 16.6. The molecule has 0 spiro atoms. The lowest BCUT2D eigenvalue weighted by Crippen LogP contribution is -2.50. The van der Waals surface area contributed by atoms with Crippen LogP contribution in [0.4, 0.5) is 22.4 Å². The second-order valence-electron chi connectivity index (χ2n) is 6.03. The highest BCUT2D eigenvalue weighted by atomic mass is 16.6. The lowest BCUT2D eigenvalue weighted by Gasteiger charge is -2.35. The van der Waals surface area contributed by atoms with Gasteiger partial charge in [0.2, 0.25) is 5.82 Å². The van der Waals surface area contributed by atoms with Gasteiger partial charge in [-0.1, -0.05) is 0 Å². The Balaban J connectivity index is 1.98. The molecule has 0 atom stereocenters. The second-order valence-corrected chi connectivity index (χ2v) is 6.03. The maximum atomic E-state index is 12.0. The maximum absolute atomic E-state index is 12.0. The fourth-order valence-electron chi connectivity index (χ4n) is 2.00. The summed E-state index contributed by atoms with van der Waals surface area (Å²) in [7, 11) is 0. The highest BCUT2D eigenvalue weighted by Gasteiger charge is 2.28. The average Bonchev–Trinajstić information content (AvgIpc) is 2.45. The van der Waals surface area contributed by atoms with E-state index in [2.05, 4.69) is 15.2 Å². The average molecular weight is 325 g/mol. The molecule has 0 saturated carbocycles. The number of piperazine rings is 1. The summed E-state index contributed by atoms with van der Waals surface area (Å²) >= 11 is 0. The third-order valence-electron chi connectivity index (χ3n) is 3.07. The molecule has 1 aliphatic rings. The van der Waals surface area contributed by atoms with Crippen molar-refractivity contribution in [3.05, 3.63) is 10.1 Å². The van der Waals surface area contributed by atoms with Gasteiger partial charge < -0.3 is 30.4 Å². The number of hydrogen-bond donors (Lipinski definition) is 1. The minimum atomic E-state index is -0.737. The third-order valence-corrected chi connectivity index (χ3v) is 3.07. The fraction of sp³-hybridized carbons (Fsp3) is 0.667. The van der Waals surface area contributed by atoms with Crippen LogP contribution in [0.2, 0.25) is 0 Å². The van der Waals surface area contributed by atoms with E-state index in [-0.39, 0.29) is 17.9 Å². The van der Waals surface area contributed by atoms with Gasteiger partial charge >= 0.3 is 11.9 Å². The molecule has 23 heavy (non-hydrogen) atoms. The summed E-state index contributed by atoms with van der Waals surface area (Å²) in [6, 6.07) is 0. The number of nitro groups is 1. The van der Waals surface area contributed by atoms with Gasteiger partial charge in [-0.2, -0.15) is 4.98 Å². The van der Waals surface area contributed by atoms with Gasteiger partial charge in [-0.3, -0.25) is 0 Å². The molecule has 126 valence electrons. The molecule has 1 aromatic heterocycles. The van der Waals surface area contributed by atoms with Gasteiger partial charge in [0.05, 0.1) is 5.10 Å². The van der Waals surface area contributed by atoms with Gasteiger partial charge in [0.25, 0.3) is 5.95 Å². The molecule has 1 fully saturated rings. The second kappa shape index (κ2) is 6.18. The highest BCUT2D eigenvalue weighted by molar-refractivity contribution is 5.68. The van der Waals surface area contributed by atoms with Crippen LogP contribution in [0.25, 0.3) is 0 Å². The number of anilines is 2. The zero-order valence-corrected chi connectivity index (χ0v) is 13.2. The van der Waals surface area contributed by atoms with Crippen LogP contribution in [0, 0.1) is 10.1 Å². The molecule has 11 nitrogen and oxygen atoms in total. The Morgan fingerprint density at radius 1 is 1.26 bits per heavy atom. The van der Waals surface area contributed by atoms with Crippen molar-refractivity contribution >= 4 is 23.7 Å². The molecular weight excluding hydrogens is 306 g/mol. The molecule has 1 aliphatic heterocycles. The quantitative estimate of drug-likeness (QED) is 0.604. The molecule has 0 bridgehead atoms. The predicted octanol–water partition coefficient (Wildman–Crippen LogP) is 0.419. The van der Waals surface area contributed by atoms with Gasteiger partial charge in [-0.15, -0.1) is 0 Å². The number of rotatable bonds is 2. The molecule has 0 unspecified atom stereocenters. The first-order chi connectivity index (χ1) is 10.7. The summed E-state index contributed by atoms with van der Waals surface area (Å²) < 4.78 is 5.31. The zero-order chi connectivity index (χ0) is 17.2. The standard InChI is InChI=1S/C12H19N7O4/c1-12(2,3)23-11(20)18-6-4-17(5-7-18)10-14-8(13)9(15-16-10)19(21)22/h4-7H2,1-3H3,(H2,13,14,16). The van der Waals surface area contributed by atoms with Gasteiger partial charge in [0, 0.05) is 31.3 Å². The Morgan fingerprint density at radius 3 is 2.35 bits per heavy atom. The van der Waals surface area contributed by atoms with Gasteiger partial charge in [0.1, 0.15) is 5.60 Å². The van der Waals surface area contributed by atoms with Crippen molar-refractivity contribution in [2.24, 2.45) is 0 Å².